The minimum absolute atomic E-state index is 0.439. The van der Waals surface area contributed by atoms with Gasteiger partial charge in [-0.1, -0.05) is 0 Å². The minimum Gasteiger partial charge on any atom is -0.463 e. The number of rotatable bonds is 1. The van der Waals surface area contributed by atoms with E-state index in [4.69, 9.17) is 14.1 Å². The van der Waals surface area contributed by atoms with Crippen LogP contribution >= 0.6 is 0 Å². The smallest absolute Gasteiger partial charge is 0.247 e. The van der Waals surface area contributed by atoms with E-state index in [0.717, 1.165) is 10.9 Å². The fraction of sp³-hybridized carbons (Fsp3) is 0.0833. The van der Waals surface area contributed by atoms with E-state index in [1.54, 1.807) is 13.0 Å². The third kappa shape index (κ3) is 1.47. The van der Waals surface area contributed by atoms with Gasteiger partial charge >= 0.3 is 0 Å². The summed E-state index contributed by atoms with van der Waals surface area (Å²) in [6, 6.07) is 7.49. The lowest BCUT2D eigenvalue weighted by Gasteiger charge is -1.94. The molecule has 1 aromatic carbocycles. The molecule has 0 radical (unpaired) electrons. The maximum Gasteiger partial charge on any atom is 0.247 e. The Kier molecular flexibility index (Phi) is 1.95. The van der Waals surface area contributed by atoms with Crippen LogP contribution in [0.4, 0.5) is 0 Å². The molecule has 0 saturated heterocycles. The average molecular weight is 225 g/mol. The third-order valence-electron chi connectivity index (χ3n) is 2.47. The van der Waals surface area contributed by atoms with E-state index in [1.165, 1.54) is 6.26 Å². The van der Waals surface area contributed by atoms with Crippen LogP contribution in [0.1, 0.15) is 11.5 Å². The number of nitrogens with zero attached hydrogens (tertiary/aromatic N) is 3. The number of aromatic nitrogens is 2. The monoisotopic (exact) mass is 225 g/mol. The molecule has 0 fully saturated rings. The first kappa shape index (κ1) is 9.60. The van der Waals surface area contributed by atoms with Crippen molar-refractivity contribution in [3.63, 3.8) is 0 Å². The van der Waals surface area contributed by atoms with Gasteiger partial charge in [0, 0.05) is 17.9 Å². The molecule has 5 nitrogen and oxygen atoms in total. The van der Waals surface area contributed by atoms with Gasteiger partial charge < -0.3 is 8.83 Å². The van der Waals surface area contributed by atoms with Crippen molar-refractivity contribution in [3.8, 4) is 17.5 Å². The number of aryl methyl sites for hydroxylation is 1. The molecule has 0 aliphatic carbocycles. The lowest BCUT2D eigenvalue weighted by molar-refractivity contribution is 0.533. The SMILES string of the molecule is Cc1nnc(-c2ccc3occ(C#N)c3c2)o1. The van der Waals surface area contributed by atoms with E-state index in [0.29, 0.717) is 22.9 Å². The van der Waals surface area contributed by atoms with Crippen molar-refractivity contribution in [2.75, 3.05) is 0 Å². The van der Waals surface area contributed by atoms with Crippen molar-refractivity contribution >= 4 is 11.0 Å². The molecule has 0 N–H and O–H groups in total. The van der Waals surface area contributed by atoms with Gasteiger partial charge in [-0.2, -0.15) is 5.26 Å². The van der Waals surface area contributed by atoms with Gasteiger partial charge in [0.2, 0.25) is 11.8 Å². The summed E-state index contributed by atoms with van der Waals surface area (Å²) in [5, 5.41) is 17.4. The topological polar surface area (TPSA) is 75.8 Å². The van der Waals surface area contributed by atoms with Crippen LogP contribution in [0.15, 0.2) is 33.3 Å². The Bertz CT molecular complexity index is 734. The van der Waals surface area contributed by atoms with Crippen LogP contribution in [0.5, 0.6) is 0 Å². The molecule has 0 amide bonds. The van der Waals surface area contributed by atoms with Gasteiger partial charge in [-0.05, 0) is 18.2 Å². The van der Waals surface area contributed by atoms with Crippen LogP contribution in [0.3, 0.4) is 0 Å². The number of benzene rings is 1. The Morgan fingerprint density at radius 2 is 2.18 bits per heavy atom. The number of furan rings is 1. The Balaban J connectivity index is 2.22. The standard InChI is InChI=1S/C12H7N3O2/c1-7-14-15-12(17-7)8-2-3-11-10(4-8)9(5-13)6-16-11/h2-4,6H,1H3. The van der Waals surface area contributed by atoms with Gasteiger partial charge in [-0.25, -0.2) is 0 Å². The first-order chi connectivity index (χ1) is 8.28. The molecule has 0 atom stereocenters. The summed E-state index contributed by atoms with van der Waals surface area (Å²) < 4.78 is 10.6. The number of fused-ring (bicyclic) bond motifs is 1. The van der Waals surface area contributed by atoms with E-state index >= 15 is 0 Å². The second-order valence-electron chi connectivity index (χ2n) is 3.60. The first-order valence-electron chi connectivity index (χ1n) is 5.00. The molecular formula is C12H7N3O2. The predicted molar refractivity (Wildman–Crippen MR) is 59.0 cm³/mol. The summed E-state index contributed by atoms with van der Waals surface area (Å²) in [5.74, 6) is 0.947. The number of hydrogen-bond donors (Lipinski definition) is 0. The zero-order valence-corrected chi connectivity index (χ0v) is 8.97. The van der Waals surface area contributed by atoms with Crippen LogP contribution in [-0.2, 0) is 0 Å². The Morgan fingerprint density at radius 3 is 2.88 bits per heavy atom. The normalized spacial score (nSPS) is 10.6. The molecule has 3 aromatic rings. The maximum atomic E-state index is 8.93. The Labute approximate surface area is 96.3 Å². The van der Waals surface area contributed by atoms with E-state index in [-0.39, 0.29) is 0 Å². The van der Waals surface area contributed by atoms with Crippen molar-refractivity contribution in [2.45, 2.75) is 6.92 Å². The summed E-state index contributed by atoms with van der Waals surface area (Å²) in [6.45, 7) is 1.73. The summed E-state index contributed by atoms with van der Waals surface area (Å²) in [4.78, 5) is 0. The van der Waals surface area contributed by atoms with Crippen molar-refractivity contribution in [1.82, 2.24) is 10.2 Å². The second kappa shape index (κ2) is 3.46. The molecule has 0 unspecified atom stereocenters. The highest BCUT2D eigenvalue weighted by Crippen LogP contribution is 2.26. The quantitative estimate of drug-likeness (QED) is 0.636. The summed E-state index contributed by atoms with van der Waals surface area (Å²) in [6.07, 6.45) is 1.44. The minimum atomic E-state index is 0.439. The fourth-order valence-corrected chi connectivity index (χ4v) is 1.66. The van der Waals surface area contributed by atoms with Crippen LogP contribution < -0.4 is 0 Å². The molecule has 0 aliphatic rings. The number of hydrogen-bond acceptors (Lipinski definition) is 5. The van der Waals surface area contributed by atoms with E-state index < -0.39 is 0 Å². The fourth-order valence-electron chi connectivity index (χ4n) is 1.66. The van der Waals surface area contributed by atoms with Gasteiger partial charge in [0.25, 0.3) is 0 Å². The Hall–Kier alpha value is -2.61. The molecule has 3 rings (SSSR count). The highest BCUT2D eigenvalue weighted by atomic mass is 16.4. The van der Waals surface area contributed by atoms with Gasteiger partial charge in [-0.3, -0.25) is 0 Å². The third-order valence-corrected chi connectivity index (χ3v) is 2.47. The van der Waals surface area contributed by atoms with Gasteiger partial charge in [0.05, 0.1) is 5.56 Å². The van der Waals surface area contributed by atoms with E-state index in [2.05, 4.69) is 16.3 Å². The first-order valence-corrected chi connectivity index (χ1v) is 5.00. The maximum absolute atomic E-state index is 8.93. The van der Waals surface area contributed by atoms with E-state index in [9.17, 15) is 0 Å². The molecular weight excluding hydrogens is 218 g/mol. The highest BCUT2D eigenvalue weighted by molar-refractivity contribution is 5.87. The van der Waals surface area contributed by atoms with Crippen molar-refractivity contribution in [2.24, 2.45) is 0 Å². The van der Waals surface area contributed by atoms with Gasteiger partial charge in [0.15, 0.2) is 0 Å². The summed E-state index contributed by atoms with van der Waals surface area (Å²) in [7, 11) is 0. The zero-order valence-electron chi connectivity index (χ0n) is 8.97. The zero-order chi connectivity index (χ0) is 11.8. The molecule has 82 valence electrons. The highest BCUT2D eigenvalue weighted by Gasteiger charge is 2.10. The molecule has 2 aromatic heterocycles. The lowest BCUT2D eigenvalue weighted by atomic mass is 10.1. The van der Waals surface area contributed by atoms with Crippen LogP contribution in [0.2, 0.25) is 0 Å². The average Bonchev–Trinajstić information content (AvgIpc) is 2.94. The summed E-state index contributed by atoms with van der Waals surface area (Å²) >= 11 is 0. The van der Waals surface area contributed by atoms with Crippen LogP contribution in [0, 0.1) is 18.3 Å². The van der Waals surface area contributed by atoms with Crippen molar-refractivity contribution < 1.29 is 8.83 Å². The lowest BCUT2D eigenvalue weighted by Crippen LogP contribution is -1.78. The molecule has 0 saturated carbocycles. The Morgan fingerprint density at radius 1 is 1.29 bits per heavy atom. The predicted octanol–water partition coefficient (Wildman–Crippen LogP) is 2.66. The molecule has 0 aliphatic heterocycles. The second-order valence-corrected chi connectivity index (χ2v) is 3.60. The molecule has 0 bridgehead atoms. The molecule has 5 heteroatoms. The molecule has 2 heterocycles. The van der Waals surface area contributed by atoms with Gasteiger partial charge in [-0.15, -0.1) is 10.2 Å². The molecule has 0 spiro atoms. The van der Waals surface area contributed by atoms with Crippen LogP contribution in [0.25, 0.3) is 22.4 Å². The summed E-state index contributed by atoms with van der Waals surface area (Å²) in [5.41, 5.74) is 1.94. The largest absolute Gasteiger partial charge is 0.463 e. The van der Waals surface area contributed by atoms with Crippen molar-refractivity contribution in [3.05, 3.63) is 35.9 Å². The van der Waals surface area contributed by atoms with Crippen LogP contribution in [-0.4, -0.2) is 10.2 Å². The van der Waals surface area contributed by atoms with E-state index in [1.807, 2.05) is 12.1 Å². The molecule has 17 heavy (non-hydrogen) atoms. The number of nitriles is 1. The van der Waals surface area contributed by atoms with Crippen molar-refractivity contribution in [1.29, 1.82) is 5.26 Å². The van der Waals surface area contributed by atoms with Gasteiger partial charge in [0.1, 0.15) is 17.9 Å².